The lowest BCUT2D eigenvalue weighted by Gasteiger charge is -2.25. The third-order valence-electron chi connectivity index (χ3n) is 4.69. The van der Waals surface area contributed by atoms with E-state index in [1.165, 1.54) is 6.08 Å². The van der Waals surface area contributed by atoms with Gasteiger partial charge in [-0.15, -0.1) is 0 Å². The minimum atomic E-state index is -0.165. The predicted molar refractivity (Wildman–Crippen MR) is 110 cm³/mol. The smallest absolute Gasteiger partial charge is 0.243 e. The summed E-state index contributed by atoms with van der Waals surface area (Å²) in [5.41, 5.74) is 1.90. The van der Waals surface area contributed by atoms with Crippen LogP contribution in [0.25, 0.3) is 11.3 Å². The van der Waals surface area contributed by atoms with Gasteiger partial charge in [-0.1, -0.05) is 24.8 Å². The number of rotatable bonds is 6. The van der Waals surface area contributed by atoms with Gasteiger partial charge in [0.2, 0.25) is 5.91 Å². The van der Waals surface area contributed by atoms with Crippen LogP contribution in [0.1, 0.15) is 12.5 Å². The number of carbonyl (C=O) groups is 1. The van der Waals surface area contributed by atoms with E-state index in [1.54, 1.807) is 0 Å². The maximum absolute atomic E-state index is 11.5. The fourth-order valence-electron chi connectivity index (χ4n) is 3.23. The summed E-state index contributed by atoms with van der Waals surface area (Å²) in [5.74, 6) is 2.38. The zero-order chi connectivity index (χ0) is 19.3. The molecular weight excluding hydrogens is 352 g/mol. The molecule has 0 saturated carbocycles. The van der Waals surface area contributed by atoms with Crippen LogP contribution in [0.5, 0.6) is 11.5 Å². The van der Waals surface area contributed by atoms with Gasteiger partial charge in [0, 0.05) is 24.7 Å². The second-order valence-electron chi connectivity index (χ2n) is 6.62. The highest BCUT2D eigenvalue weighted by Gasteiger charge is 2.22. The average Bonchev–Trinajstić information content (AvgIpc) is 3.18. The van der Waals surface area contributed by atoms with E-state index in [4.69, 9.17) is 9.84 Å². The molecule has 0 radical (unpaired) electrons. The van der Waals surface area contributed by atoms with Gasteiger partial charge in [-0.2, -0.15) is 5.10 Å². The summed E-state index contributed by atoms with van der Waals surface area (Å²) in [6.07, 6.45) is 2.19. The lowest BCUT2D eigenvalue weighted by Crippen LogP contribution is -2.34. The highest BCUT2D eigenvalue weighted by molar-refractivity contribution is 5.86. The Hall–Kier alpha value is -3.54. The molecule has 0 bridgehead atoms. The summed E-state index contributed by atoms with van der Waals surface area (Å²) in [5, 5.41) is 11.0. The molecule has 2 aromatic carbocycles. The Kier molecular flexibility index (Phi) is 5.10. The topological polar surface area (TPSA) is 68.2 Å². The number of fused-ring (bicyclic) bond motifs is 1. The van der Waals surface area contributed by atoms with E-state index in [0.29, 0.717) is 6.54 Å². The molecule has 6 nitrogen and oxygen atoms in total. The van der Waals surface area contributed by atoms with Crippen LogP contribution < -0.4 is 15.4 Å². The summed E-state index contributed by atoms with van der Waals surface area (Å²) in [7, 11) is 0. The largest absolute Gasteiger partial charge is 0.457 e. The van der Waals surface area contributed by atoms with E-state index in [-0.39, 0.29) is 11.9 Å². The van der Waals surface area contributed by atoms with E-state index in [0.717, 1.165) is 41.5 Å². The minimum absolute atomic E-state index is 0.120. The summed E-state index contributed by atoms with van der Waals surface area (Å²) in [6, 6.07) is 19.7. The highest BCUT2D eigenvalue weighted by Crippen LogP contribution is 2.30. The van der Waals surface area contributed by atoms with E-state index in [9.17, 15) is 4.79 Å². The van der Waals surface area contributed by atoms with Gasteiger partial charge in [-0.25, -0.2) is 4.68 Å². The van der Waals surface area contributed by atoms with Crippen LogP contribution in [0.4, 0.5) is 5.82 Å². The minimum Gasteiger partial charge on any atom is -0.457 e. The normalized spacial score (nSPS) is 15.2. The standard InChI is InChI=1S/C22H22N4O2/c1-2-22(27)24-15-17-12-13-23-21-14-20(25-26(17)21)16-8-10-19(11-9-16)28-18-6-4-3-5-7-18/h2-11,14,17,23H,1,12-13,15H2,(H,24,27). The van der Waals surface area contributed by atoms with Gasteiger partial charge >= 0.3 is 0 Å². The SMILES string of the molecule is C=CC(=O)NCC1CCNc2cc(-c3ccc(Oc4ccccc4)cc3)nn21. The van der Waals surface area contributed by atoms with E-state index < -0.39 is 0 Å². The number of ether oxygens (including phenoxy) is 1. The molecule has 1 aromatic heterocycles. The van der Waals surface area contributed by atoms with Gasteiger partial charge < -0.3 is 15.4 Å². The van der Waals surface area contributed by atoms with Crippen molar-refractivity contribution >= 4 is 11.7 Å². The second-order valence-corrected chi connectivity index (χ2v) is 6.62. The Bertz CT molecular complexity index is 964. The highest BCUT2D eigenvalue weighted by atomic mass is 16.5. The third kappa shape index (κ3) is 3.91. The molecule has 0 spiro atoms. The van der Waals surface area contributed by atoms with Crippen molar-refractivity contribution in [3.8, 4) is 22.8 Å². The van der Waals surface area contributed by atoms with Gasteiger partial charge in [0.15, 0.2) is 0 Å². The van der Waals surface area contributed by atoms with Crippen LogP contribution in [-0.2, 0) is 4.79 Å². The van der Waals surface area contributed by atoms with Crippen molar-refractivity contribution in [2.45, 2.75) is 12.5 Å². The van der Waals surface area contributed by atoms with E-state index in [1.807, 2.05) is 65.3 Å². The molecule has 28 heavy (non-hydrogen) atoms. The lowest BCUT2D eigenvalue weighted by atomic mass is 10.1. The summed E-state index contributed by atoms with van der Waals surface area (Å²) in [6.45, 7) is 4.87. The number of hydrogen-bond donors (Lipinski definition) is 2. The number of anilines is 1. The number of nitrogens with zero attached hydrogens (tertiary/aromatic N) is 2. The Morgan fingerprint density at radius 3 is 2.71 bits per heavy atom. The van der Waals surface area contributed by atoms with Crippen LogP contribution in [0.15, 0.2) is 73.3 Å². The number of hydrogen-bond acceptors (Lipinski definition) is 4. The summed E-state index contributed by atoms with van der Waals surface area (Å²) >= 11 is 0. The van der Waals surface area contributed by atoms with Crippen LogP contribution >= 0.6 is 0 Å². The zero-order valence-corrected chi connectivity index (χ0v) is 15.5. The molecule has 6 heteroatoms. The average molecular weight is 374 g/mol. The summed E-state index contributed by atoms with van der Waals surface area (Å²) < 4.78 is 7.80. The van der Waals surface area contributed by atoms with Crippen molar-refractivity contribution < 1.29 is 9.53 Å². The van der Waals surface area contributed by atoms with Gasteiger partial charge in [-0.05, 0) is 48.9 Å². The third-order valence-corrected chi connectivity index (χ3v) is 4.69. The van der Waals surface area contributed by atoms with Gasteiger partial charge in [0.1, 0.15) is 17.3 Å². The monoisotopic (exact) mass is 374 g/mol. The number of nitrogens with one attached hydrogen (secondary N) is 2. The Balaban J connectivity index is 1.50. The molecule has 0 aliphatic carbocycles. The number of amides is 1. The van der Waals surface area contributed by atoms with Gasteiger partial charge in [0.05, 0.1) is 11.7 Å². The van der Waals surface area contributed by atoms with Crippen molar-refractivity contribution in [1.29, 1.82) is 0 Å². The molecule has 1 unspecified atom stereocenters. The maximum Gasteiger partial charge on any atom is 0.243 e. The molecule has 2 N–H and O–H groups in total. The molecule has 3 aromatic rings. The van der Waals surface area contributed by atoms with Gasteiger partial charge in [-0.3, -0.25) is 4.79 Å². The van der Waals surface area contributed by atoms with Crippen molar-refractivity contribution in [3.63, 3.8) is 0 Å². The Morgan fingerprint density at radius 1 is 1.21 bits per heavy atom. The van der Waals surface area contributed by atoms with Crippen LogP contribution in [-0.4, -0.2) is 28.8 Å². The fourth-order valence-corrected chi connectivity index (χ4v) is 3.23. The zero-order valence-electron chi connectivity index (χ0n) is 15.5. The van der Waals surface area contributed by atoms with Crippen molar-refractivity contribution in [3.05, 3.63) is 73.3 Å². The van der Waals surface area contributed by atoms with Crippen LogP contribution in [0.2, 0.25) is 0 Å². The van der Waals surface area contributed by atoms with Crippen LogP contribution in [0, 0.1) is 0 Å². The molecule has 2 heterocycles. The first-order chi connectivity index (χ1) is 13.7. The first-order valence-electron chi connectivity index (χ1n) is 9.30. The van der Waals surface area contributed by atoms with E-state index in [2.05, 4.69) is 17.2 Å². The number of benzene rings is 2. The molecule has 0 fully saturated rings. The molecule has 4 rings (SSSR count). The number of aromatic nitrogens is 2. The molecule has 1 aliphatic rings. The molecule has 1 amide bonds. The first kappa shape index (κ1) is 17.9. The van der Waals surface area contributed by atoms with Crippen LogP contribution in [0.3, 0.4) is 0 Å². The summed E-state index contributed by atoms with van der Waals surface area (Å²) in [4.78, 5) is 11.5. The maximum atomic E-state index is 11.5. The van der Waals surface area contributed by atoms with Crippen molar-refractivity contribution in [2.24, 2.45) is 0 Å². The molecule has 142 valence electrons. The lowest BCUT2D eigenvalue weighted by molar-refractivity contribution is -0.116. The molecule has 1 atom stereocenters. The second kappa shape index (κ2) is 8.00. The Labute approximate surface area is 163 Å². The quantitative estimate of drug-likeness (QED) is 0.640. The molecule has 1 aliphatic heterocycles. The first-order valence-corrected chi connectivity index (χ1v) is 9.30. The van der Waals surface area contributed by atoms with Gasteiger partial charge in [0.25, 0.3) is 0 Å². The van der Waals surface area contributed by atoms with Crippen molar-refractivity contribution in [2.75, 3.05) is 18.4 Å². The van der Waals surface area contributed by atoms with E-state index >= 15 is 0 Å². The molecular formula is C22H22N4O2. The number of carbonyl (C=O) groups excluding carboxylic acids is 1. The number of para-hydroxylation sites is 1. The Morgan fingerprint density at radius 2 is 1.96 bits per heavy atom. The van der Waals surface area contributed by atoms with Crippen molar-refractivity contribution in [1.82, 2.24) is 15.1 Å². The fraction of sp³-hybridized carbons (Fsp3) is 0.182. The predicted octanol–water partition coefficient (Wildman–Crippen LogP) is 4.00. The molecule has 0 saturated heterocycles.